The lowest BCUT2D eigenvalue weighted by molar-refractivity contribution is 0.0980. The Bertz CT molecular complexity index is 1770. The van der Waals surface area contributed by atoms with Crippen LogP contribution in [0.1, 0.15) is 64.6 Å². The van der Waals surface area contributed by atoms with Crippen LogP contribution in [0.3, 0.4) is 0 Å². The Labute approximate surface area is 253 Å². The van der Waals surface area contributed by atoms with E-state index in [0.717, 1.165) is 29.7 Å². The van der Waals surface area contributed by atoms with Crippen LogP contribution in [-0.4, -0.2) is 49.6 Å². The number of carbonyl (C=O) groups is 1. The average molecular weight is 606 g/mol. The molecule has 0 saturated carbocycles. The summed E-state index contributed by atoms with van der Waals surface area (Å²) < 4.78 is 5.99. The minimum atomic E-state index is -0.362. The lowest BCUT2D eigenvalue weighted by atomic mass is 9.92. The highest BCUT2D eigenvalue weighted by molar-refractivity contribution is 7.97. The maximum absolute atomic E-state index is 13.6. The number of halogens is 1. The number of hydrogen-bond acceptors (Lipinski definition) is 9. The zero-order valence-electron chi connectivity index (χ0n) is 24.1. The van der Waals surface area contributed by atoms with Gasteiger partial charge in [-0.2, -0.15) is 10.4 Å². The number of benzene rings is 1. The molecule has 1 fully saturated rings. The van der Waals surface area contributed by atoms with Gasteiger partial charge in [0.2, 0.25) is 5.95 Å². The number of nitriles is 1. The summed E-state index contributed by atoms with van der Waals surface area (Å²) in [6, 6.07) is 9.16. The molecule has 11 nitrogen and oxygen atoms in total. The number of nitrogens with one attached hydrogen (secondary N) is 2. The van der Waals surface area contributed by atoms with Gasteiger partial charge in [-0.3, -0.25) is 23.6 Å². The number of aryl methyl sites for hydroxylation is 2. The average Bonchev–Trinajstić information content (AvgIpc) is 3.36. The molecule has 5 rings (SSSR count). The zero-order valence-corrected chi connectivity index (χ0v) is 25.7. The Morgan fingerprint density at radius 3 is 2.64 bits per heavy atom. The molecule has 0 aliphatic carbocycles. The van der Waals surface area contributed by atoms with E-state index in [1.807, 2.05) is 33.0 Å². The summed E-state index contributed by atoms with van der Waals surface area (Å²) in [6.07, 6.45) is 5.10. The summed E-state index contributed by atoms with van der Waals surface area (Å²) in [5.41, 5.74) is 4.38. The highest BCUT2D eigenvalue weighted by atomic mass is 35.5. The van der Waals surface area contributed by atoms with Gasteiger partial charge in [0.1, 0.15) is 11.2 Å². The maximum Gasteiger partial charge on any atom is 0.281 e. The molecule has 218 valence electrons. The third-order valence-electron chi connectivity index (χ3n) is 7.58. The van der Waals surface area contributed by atoms with Gasteiger partial charge in [-0.25, -0.2) is 9.97 Å². The predicted molar refractivity (Wildman–Crippen MR) is 166 cm³/mol. The van der Waals surface area contributed by atoms with Crippen LogP contribution in [0, 0.1) is 18.3 Å². The number of carbonyl (C=O) groups excluding carboxylic acids is 1. The molecule has 1 saturated heterocycles. The fraction of sp³-hybridized carbons (Fsp3) is 0.379. The van der Waals surface area contributed by atoms with Crippen molar-refractivity contribution in [3.8, 4) is 6.07 Å². The molecule has 1 atom stereocenters. The standard InChI is InChI=1S/C29H32ClN9O2S/c1-16-12-20(17(2)32-22-6-7-23(30)33-26(22)27(40)36-42-5)25-21(13-16)28(41)38(4)29(34-25)39-10-8-18(9-11-39)24-19(14-31)15-37(3)35-24/h6-7,12-13,15,17-18,32H,8-11H2,1-5H3,(H,36,40). The van der Waals surface area contributed by atoms with E-state index in [1.54, 1.807) is 40.9 Å². The monoisotopic (exact) mass is 605 g/mol. The van der Waals surface area contributed by atoms with E-state index in [-0.39, 0.29) is 34.3 Å². The summed E-state index contributed by atoms with van der Waals surface area (Å²) >= 11 is 7.28. The molecule has 2 N–H and O–H groups in total. The van der Waals surface area contributed by atoms with Crippen LogP contribution in [0.15, 0.2) is 35.3 Å². The molecule has 13 heteroatoms. The molecular formula is C29H32ClN9O2S. The quantitative estimate of drug-likeness (QED) is 0.231. The summed E-state index contributed by atoms with van der Waals surface area (Å²) in [5.74, 6) is 0.402. The Morgan fingerprint density at radius 1 is 1.21 bits per heavy atom. The molecule has 1 aromatic carbocycles. The fourth-order valence-corrected chi connectivity index (χ4v) is 6.01. The van der Waals surface area contributed by atoms with E-state index in [4.69, 9.17) is 16.6 Å². The molecule has 1 amide bonds. The number of piperidine rings is 1. The largest absolute Gasteiger partial charge is 0.377 e. The number of rotatable bonds is 7. The van der Waals surface area contributed by atoms with Gasteiger partial charge in [0, 0.05) is 51.1 Å². The van der Waals surface area contributed by atoms with Crippen molar-refractivity contribution in [2.45, 2.75) is 38.6 Å². The van der Waals surface area contributed by atoms with Gasteiger partial charge in [0.15, 0.2) is 5.69 Å². The van der Waals surface area contributed by atoms with Crippen molar-refractivity contribution >= 4 is 52.0 Å². The first-order chi connectivity index (χ1) is 20.1. The van der Waals surface area contributed by atoms with Crippen molar-refractivity contribution in [2.24, 2.45) is 14.1 Å². The van der Waals surface area contributed by atoms with Gasteiger partial charge in [0.25, 0.3) is 11.5 Å². The minimum Gasteiger partial charge on any atom is -0.377 e. The summed E-state index contributed by atoms with van der Waals surface area (Å²) in [4.78, 5) is 37.7. The Morgan fingerprint density at radius 2 is 1.95 bits per heavy atom. The second kappa shape index (κ2) is 12.0. The third-order valence-corrected chi connectivity index (χ3v) is 8.18. The normalized spacial score (nSPS) is 14.5. The Kier molecular flexibility index (Phi) is 8.43. The van der Waals surface area contributed by atoms with Crippen molar-refractivity contribution in [2.75, 3.05) is 29.6 Å². The van der Waals surface area contributed by atoms with E-state index in [9.17, 15) is 14.9 Å². The van der Waals surface area contributed by atoms with Crippen molar-refractivity contribution in [1.29, 1.82) is 5.26 Å². The van der Waals surface area contributed by atoms with Crippen molar-refractivity contribution in [3.63, 3.8) is 0 Å². The highest BCUT2D eigenvalue weighted by Gasteiger charge is 2.28. The van der Waals surface area contributed by atoms with Gasteiger partial charge in [-0.05, 0) is 50.5 Å². The lowest BCUT2D eigenvalue weighted by Crippen LogP contribution is -2.38. The number of fused-ring (bicyclic) bond motifs is 1. The third kappa shape index (κ3) is 5.67. The first-order valence-electron chi connectivity index (χ1n) is 13.6. The minimum absolute atomic E-state index is 0.126. The van der Waals surface area contributed by atoms with Gasteiger partial charge in [0.05, 0.1) is 33.9 Å². The number of pyridine rings is 1. The van der Waals surface area contributed by atoms with E-state index in [0.29, 0.717) is 41.2 Å². The van der Waals surface area contributed by atoms with Crippen LogP contribution in [0.4, 0.5) is 11.6 Å². The summed E-state index contributed by atoms with van der Waals surface area (Å²) in [6.45, 7) is 5.26. The fourth-order valence-electron chi connectivity index (χ4n) is 5.58. The molecule has 1 aliphatic rings. The van der Waals surface area contributed by atoms with Crippen LogP contribution in [0.25, 0.3) is 10.9 Å². The molecule has 42 heavy (non-hydrogen) atoms. The van der Waals surface area contributed by atoms with E-state index in [2.05, 4.69) is 31.1 Å². The second-order valence-electron chi connectivity index (χ2n) is 10.5. The zero-order chi connectivity index (χ0) is 30.1. The molecular weight excluding hydrogens is 574 g/mol. The van der Waals surface area contributed by atoms with Crippen molar-refractivity contribution in [1.82, 2.24) is 29.0 Å². The molecule has 0 bridgehead atoms. The van der Waals surface area contributed by atoms with Gasteiger partial charge < -0.3 is 10.2 Å². The number of aromatic nitrogens is 5. The van der Waals surface area contributed by atoms with Crippen molar-refractivity contribution in [3.05, 3.63) is 74.0 Å². The van der Waals surface area contributed by atoms with Crippen LogP contribution in [-0.2, 0) is 14.1 Å². The Hall–Kier alpha value is -4.08. The molecule has 1 aliphatic heterocycles. The van der Waals surface area contributed by atoms with E-state index in [1.165, 1.54) is 11.9 Å². The van der Waals surface area contributed by atoms with E-state index >= 15 is 0 Å². The van der Waals surface area contributed by atoms with Crippen molar-refractivity contribution < 1.29 is 4.79 Å². The molecule has 1 unspecified atom stereocenters. The van der Waals surface area contributed by atoms with Gasteiger partial charge >= 0.3 is 0 Å². The van der Waals surface area contributed by atoms with Crippen LogP contribution in [0.5, 0.6) is 0 Å². The van der Waals surface area contributed by atoms with Gasteiger partial charge in [-0.1, -0.05) is 29.6 Å². The maximum atomic E-state index is 13.6. The highest BCUT2D eigenvalue weighted by Crippen LogP contribution is 2.33. The predicted octanol–water partition coefficient (Wildman–Crippen LogP) is 4.46. The SMILES string of the molecule is CSNC(=O)c1nc(Cl)ccc1NC(C)c1cc(C)cc2c(=O)n(C)c(N3CCC(c4nn(C)cc4C#N)CC3)nc12. The summed E-state index contributed by atoms with van der Waals surface area (Å²) in [5, 5.41) is 18.2. The number of amides is 1. The number of nitrogens with zero attached hydrogens (tertiary/aromatic N) is 7. The summed E-state index contributed by atoms with van der Waals surface area (Å²) in [7, 11) is 3.58. The smallest absolute Gasteiger partial charge is 0.281 e. The Balaban J connectivity index is 1.48. The molecule has 0 radical (unpaired) electrons. The van der Waals surface area contributed by atoms with Crippen LogP contribution in [0.2, 0.25) is 5.15 Å². The first kappa shape index (κ1) is 29.4. The topological polar surface area (TPSA) is 134 Å². The lowest BCUT2D eigenvalue weighted by Gasteiger charge is -2.33. The molecule has 4 aromatic rings. The van der Waals surface area contributed by atoms with Crippen LogP contribution >= 0.6 is 23.5 Å². The van der Waals surface area contributed by atoms with Gasteiger partial charge in [-0.15, -0.1) is 0 Å². The van der Waals surface area contributed by atoms with E-state index < -0.39 is 0 Å². The second-order valence-corrected chi connectivity index (χ2v) is 11.5. The molecule has 0 spiro atoms. The van der Waals surface area contributed by atoms with Crippen LogP contribution < -0.4 is 20.5 Å². The molecule has 3 aromatic heterocycles. The number of anilines is 2. The number of hydrogen-bond donors (Lipinski definition) is 2. The molecule has 4 heterocycles. The first-order valence-corrected chi connectivity index (χ1v) is 15.2.